The van der Waals surface area contributed by atoms with Crippen LogP contribution in [-0.2, 0) is 7.05 Å². The van der Waals surface area contributed by atoms with Crippen LogP contribution in [0, 0.1) is 6.92 Å². The number of nitrogens with zero attached hydrogens (tertiary/aromatic N) is 7. The number of rotatable bonds is 4. The lowest BCUT2D eigenvalue weighted by molar-refractivity contribution is 0.455. The molecule has 0 saturated carbocycles. The molecule has 10 nitrogen and oxygen atoms in total. The first kappa shape index (κ1) is 19.7. The molecule has 0 amide bonds. The summed E-state index contributed by atoms with van der Waals surface area (Å²) in [6.45, 7) is 6.82. The zero-order valence-corrected chi connectivity index (χ0v) is 18.2. The van der Waals surface area contributed by atoms with E-state index in [1.54, 1.807) is 10.7 Å². The fraction of sp³-hybridized carbons (Fsp3) is 0.350. The summed E-state index contributed by atoms with van der Waals surface area (Å²) < 4.78 is 7.75. The number of aromatic nitrogens is 7. The number of nitrogens with one attached hydrogen (secondary N) is 2. The molecule has 5 rings (SSSR count). The first-order chi connectivity index (χ1) is 15.0. The number of hydrogen-bond donors (Lipinski definition) is 2. The molecule has 4 aromatic heterocycles. The Morgan fingerprint density at radius 3 is 2.84 bits per heavy atom. The van der Waals surface area contributed by atoms with Crippen molar-refractivity contribution in [1.29, 1.82) is 0 Å². The first-order valence-electron chi connectivity index (χ1n) is 10.0. The number of anilines is 1. The minimum absolute atomic E-state index is 0.342. The summed E-state index contributed by atoms with van der Waals surface area (Å²) in [6, 6.07) is 4.05. The fourth-order valence-electron chi connectivity index (χ4n) is 3.78. The third kappa shape index (κ3) is 3.68. The van der Waals surface area contributed by atoms with Crippen LogP contribution < -0.4 is 15.0 Å². The molecule has 0 aliphatic carbocycles. The molecule has 2 N–H and O–H groups in total. The molecule has 0 bridgehead atoms. The van der Waals surface area contributed by atoms with E-state index in [2.05, 4.69) is 47.4 Å². The summed E-state index contributed by atoms with van der Waals surface area (Å²) in [5.74, 6) is 2.22. The van der Waals surface area contributed by atoms with Crippen LogP contribution in [0.25, 0.3) is 22.6 Å². The maximum atomic E-state index is 6.40. The number of hydrogen-bond acceptors (Lipinski definition) is 8. The van der Waals surface area contributed by atoms with Gasteiger partial charge in [0.05, 0.1) is 17.5 Å². The SMILES string of the molecule is Cc1nn(C)cc1-c1nc2ncc(Cl)c(Oc3ccc(N4CCNC[C@@H]4C)nn3)c2[nH]1. The molecule has 0 spiro atoms. The molecule has 1 aliphatic heterocycles. The topological polar surface area (TPSA) is 110 Å². The zero-order valence-electron chi connectivity index (χ0n) is 17.4. The molecular weight excluding hydrogens is 418 g/mol. The summed E-state index contributed by atoms with van der Waals surface area (Å²) in [6.07, 6.45) is 3.42. The van der Waals surface area contributed by atoms with Crippen molar-refractivity contribution in [3.05, 3.63) is 35.2 Å². The Labute approximate surface area is 183 Å². The Morgan fingerprint density at radius 1 is 1.26 bits per heavy atom. The average molecular weight is 440 g/mol. The van der Waals surface area contributed by atoms with Gasteiger partial charge in [0.15, 0.2) is 17.2 Å². The highest BCUT2D eigenvalue weighted by atomic mass is 35.5. The Balaban J connectivity index is 1.46. The number of ether oxygens (including phenoxy) is 1. The van der Waals surface area contributed by atoms with E-state index in [-0.39, 0.29) is 0 Å². The van der Waals surface area contributed by atoms with Crippen LogP contribution in [-0.4, -0.2) is 60.6 Å². The van der Waals surface area contributed by atoms with Gasteiger partial charge >= 0.3 is 0 Å². The number of aromatic amines is 1. The molecule has 5 heterocycles. The number of imidazole rings is 1. The highest BCUT2D eigenvalue weighted by Gasteiger charge is 2.21. The second kappa shape index (κ2) is 7.78. The first-order valence-corrected chi connectivity index (χ1v) is 10.4. The van der Waals surface area contributed by atoms with Crippen molar-refractivity contribution in [3.63, 3.8) is 0 Å². The molecule has 1 atom stereocenters. The smallest absolute Gasteiger partial charge is 0.239 e. The van der Waals surface area contributed by atoms with E-state index in [0.29, 0.717) is 39.7 Å². The molecular formula is C20H22ClN9O. The van der Waals surface area contributed by atoms with Crippen LogP contribution in [0.1, 0.15) is 12.6 Å². The standard InChI is InChI=1S/C20H22ClN9O/c1-11-8-22-6-7-30(11)15-4-5-16(27-26-15)31-18-14(21)9-23-20-17(18)24-19(25-20)13-10-29(3)28-12(13)2/h4-5,9-11,22H,6-8H2,1-3H3,(H,23,24,25)/t11-/m0/s1. The number of fused-ring (bicyclic) bond motifs is 1. The lowest BCUT2D eigenvalue weighted by Gasteiger charge is -2.34. The van der Waals surface area contributed by atoms with Crippen molar-refractivity contribution in [2.45, 2.75) is 19.9 Å². The highest BCUT2D eigenvalue weighted by Crippen LogP contribution is 2.35. The van der Waals surface area contributed by atoms with Crippen molar-refractivity contribution in [2.24, 2.45) is 7.05 Å². The monoisotopic (exact) mass is 439 g/mol. The van der Waals surface area contributed by atoms with Gasteiger partial charge in [-0.2, -0.15) is 5.10 Å². The summed E-state index contributed by atoms with van der Waals surface area (Å²) >= 11 is 6.40. The molecule has 31 heavy (non-hydrogen) atoms. The lowest BCUT2D eigenvalue weighted by atomic mass is 10.2. The number of aryl methyl sites for hydroxylation is 2. The van der Waals surface area contributed by atoms with E-state index in [1.807, 2.05) is 26.2 Å². The van der Waals surface area contributed by atoms with Gasteiger partial charge in [-0.15, -0.1) is 10.2 Å². The maximum absolute atomic E-state index is 6.40. The predicted molar refractivity (Wildman–Crippen MR) is 118 cm³/mol. The van der Waals surface area contributed by atoms with Crippen LogP contribution in [0.2, 0.25) is 5.02 Å². The Hall–Kier alpha value is -3.24. The summed E-state index contributed by atoms with van der Waals surface area (Å²) in [4.78, 5) is 14.4. The molecule has 11 heteroatoms. The molecule has 1 aliphatic rings. The molecule has 0 unspecified atom stereocenters. The van der Waals surface area contributed by atoms with Gasteiger partial charge < -0.3 is 19.9 Å². The van der Waals surface area contributed by atoms with Gasteiger partial charge in [-0.05, 0) is 19.9 Å². The number of halogens is 1. The van der Waals surface area contributed by atoms with Gasteiger partial charge in [-0.3, -0.25) is 4.68 Å². The Bertz CT molecular complexity index is 1230. The van der Waals surface area contributed by atoms with E-state index in [1.165, 1.54) is 6.20 Å². The third-order valence-electron chi connectivity index (χ3n) is 5.33. The van der Waals surface area contributed by atoms with Gasteiger partial charge in [0, 0.05) is 45.0 Å². The molecule has 0 radical (unpaired) electrons. The van der Waals surface area contributed by atoms with Crippen LogP contribution in [0.15, 0.2) is 24.5 Å². The summed E-state index contributed by atoms with van der Waals surface area (Å²) in [5, 5.41) is 16.7. The van der Waals surface area contributed by atoms with Crippen molar-refractivity contribution in [1.82, 2.24) is 40.2 Å². The Kier molecular flexibility index (Phi) is 4.95. The van der Waals surface area contributed by atoms with Crippen LogP contribution in [0.5, 0.6) is 11.6 Å². The summed E-state index contributed by atoms with van der Waals surface area (Å²) in [5.41, 5.74) is 2.83. The molecule has 4 aromatic rings. The van der Waals surface area contributed by atoms with E-state index in [4.69, 9.17) is 16.3 Å². The van der Waals surface area contributed by atoms with E-state index < -0.39 is 0 Å². The van der Waals surface area contributed by atoms with Crippen molar-refractivity contribution in [3.8, 4) is 23.0 Å². The largest absolute Gasteiger partial charge is 0.434 e. The predicted octanol–water partition coefficient (Wildman–Crippen LogP) is 2.70. The van der Waals surface area contributed by atoms with Crippen molar-refractivity contribution < 1.29 is 4.74 Å². The third-order valence-corrected chi connectivity index (χ3v) is 5.59. The van der Waals surface area contributed by atoms with Gasteiger partial charge in [0.25, 0.3) is 0 Å². The highest BCUT2D eigenvalue weighted by molar-refractivity contribution is 6.32. The van der Waals surface area contributed by atoms with E-state index in [0.717, 1.165) is 36.7 Å². The summed E-state index contributed by atoms with van der Waals surface area (Å²) in [7, 11) is 1.87. The number of piperazine rings is 1. The zero-order chi connectivity index (χ0) is 21.5. The quantitative estimate of drug-likeness (QED) is 0.499. The second-order valence-electron chi connectivity index (χ2n) is 7.60. The van der Waals surface area contributed by atoms with Crippen molar-refractivity contribution in [2.75, 3.05) is 24.5 Å². The fourth-order valence-corrected chi connectivity index (χ4v) is 3.96. The second-order valence-corrected chi connectivity index (χ2v) is 8.01. The maximum Gasteiger partial charge on any atom is 0.239 e. The minimum Gasteiger partial charge on any atom is -0.434 e. The number of pyridine rings is 1. The van der Waals surface area contributed by atoms with E-state index in [9.17, 15) is 0 Å². The minimum atomic E-state index is 0.342. The van der Waals surface area contributed by atoms with Gasteiger partial charge in [-0.25, -0.2) is 9.97 Å². The van der Waals surface area contributed by atoms with Gasteiger partial charge in [-0.1, -0.05) is 11.6 Å². The lowest BCUT2D eigenvalue weighted by Crippen LogP contribution is -2.50. The number of H-pyrrole nitrogens is 1. The average Bonchev–Trinajstić information content (AvgIpc) is 3.33. The van der Waals surface area contributed by atoms with Crippen molar-refractivity contribution >= 4 is 28.6 Å². The van der Waals surface area contributed by atoms with Crippen LogP contribution in [0.4, 0.5) is 5.82 Å². The molecule has 0 aromatic carbocycles. The van der Waals surface area contributed by atoms with E-state index >= 15 is 0 Å². The van der Waals surface area contributed by atoms with Crippen LogP contribution in [0.3, 0.4) is 0 Å². The molecule has 1 saturated heterocycles. The molecule has 1 fully saturated rings. The van der Waals surface area contributed by atoms with Crippen LogP contribution >= 0.6 is 11.6 Å². The Morgan fingerprint density at radius 2 is 2.13 bits per heavy atom. The normalized spacial score (nSPS) is 16.8. The van der Waals surface area contributed by atoms with Gasteiger partial charge in [0.1, 0.15) is 16.4 Å². The van der Waals surface area contributed by atoms with Gasteiger partial charge in [0.2, 0.25) is 5.88 Å². The molecule has 160 valence electrons.